The molecule has 0 spiro atoms. The number of aliphatic carboxylic acids is 1. The Kier molecular flexibility index (Phi) is 3.71. The Bertz CT molecular complexity index is 375. The molecule has 2 aliphatic rings. The number of carbonyl (C=O) groups excluding carboxylic acids is 1. The number of nitrogens with one attached hydrogen (secondary N) is 2. The second kappa shape index (κ2) is 5.00. The number of carboxylic acids is 1. The first-order chi connectivity index (χ1) is 8.92. The maximum Gasteiger partial charge on any atom is 0.315 e. The maximum atomic E-state index is 12.0. The highest BCUT2D eigenvalue weighted by atomic mass is 16.5. The van der Waals surface area contributed by atoms with E-state index in [1.807, 2.05) is 0 Å². The third-order valence-electron chi connectivity index (χ3n) is 4.62. The third-order valence-corrected chi connectivity index (χ3v) is 4.62. The van der Waals surface area contributed by atoms with Crippen molar-refractivity contribution in [2.24, 2.45) is 5.41 Å². The molecule has 1 saturated heterocycles. The highest BCUT2D eigenvalue weighted by Gasteiger charge is 2.48. The van der Waals surface area contributed by atoms with Gasteiger partial charge in [-0.3, -0.25) is 4.79 Å². The van der Waals surface area contributed by atoms with Crippen LogP contribution < -0.4 is 10.6 Å². The predicted molar refractivity (Wildman–Crippen MR) is 68.9 cm³/mol. The molecule has 0 aromatic carbocycles. The van der Waals surface area contributed by atoms with Crippen molar-refractivity contribution < 1.29 is 19.4 Å². The van der Waals surface area contributed by atoms with Gasteiger partial charge in [0.25, 0.3) is 0 Å². The van der Waals surface area contributed by atoms with Crippen LogP contribution in [0.4, 0.5) is 4.79 Å². The molecule has 1 heterocycles. The Hall–Kier alpha value is -1.30. The van der Waals surface area contributed by atoms with E-state index >= 15 is 0 Å². The first kappa shape index (κ1) is 14.1. The molecule has 0 aromatic heterocycles. The molecule has 6 nitrogen and oxygen atoms in total. The molecule has 0 aromatic rings. The lowest BCUT2D eigenvalue weighted by molar-refractivity contribution is -0.148. The van der Waals surface area contributed by atoms with Gasteiger partial charge in [0, 0.05) is 5.54 Å². The second-order valence-electron chi connectivity index (χ2n) is 5.88. The van der Waals surface area contributed by atoms with Gasteiger partial charge < -0.3 is 20.5 Å². The molecule has 1 saturated carbocycles. The third kappa shape index (κ3) is 2.54. The van der Waals surface area contributed by atoms with Gasteiger partial charge in [0.1, 0.15) is 5.41 Å². The number of carboxylic acid groups (broad SMARTS) is 1. The van der Waals surface area contributed by atoms with Gasteiger partial charge in [-0.15, -0.1) is 0 Å². The van der Waals surface area contributed by atoms with E-state index in [1.54, 1.807) is 6.92 Å². The van der Waals surface area contributed by atoms with Crippen LogP contribution in [-0.2, 0) is 9.53 Å². The Balaban J connectivity index is 1.93. The Morgan fingerprint density at radius 1 is 1.42 bits per heavy atom. The zero-order valence-corrected chi connectivity index (χ0v) is 11.5. The Labute approximate surface area is 112 Å². The summed E-state index contributed by atoms with van der Waals surface area (Å²) in [4.78, 5) is 23.3. The quantitative estimate of drug-likeness (QED) is 0.714. The van der Waals surface area contributed by atoms with Crippen molar-refractivity contribution in [1.29, 1.82) is 0 Å². The summed E-state index contributed by atoms with van der Waals surface area (Å²) in [6.07, 6.45) is 4.02. The monoisotopic (exact) mass is 270 g/mol. The van der Waals surface area contributed by atoms with Crippen LogP contribution in [-0.4, -0.2) is 41.9 Å². The Morgan fingerprint density at radius 3 is 2.58 bits per heavy atom. The minimum Gasteiger partial charge on any atom is -0.481 e. The lowest BCUT2D eigenvalue weighted by Crippen LogP contribution is -2.59. The van der Waals surface area contributed by atoms with Crippen LogP contribution in [0.5, 0.6) is 0 Å². The summed E-state index contributed by atoms with van der Waals surface area (Å²) < 4.78 is 5.21. The molecule has 2 atom stereocenters. The summed E-state index contributed by atoms with van der Waals surface area (Å²) in [6, 6.07) is -0.775. The number of urea groups is 1. The van der Waals surface area contributed by atoms with Gasteiger partial charge in [0.2, 0.25) is 0 Å². The number of amides is 2. The summed E-state index contributed by atoms with van der Waals surface area (Å²) in [5.74, 6) is -0.941. The summed E-state index contributed by atoms with van der Waals surface area (Å²) >= 11 is 0. The zero-order valence-electron chi connectivity index (χ0n) is 11.5. The van der Waals surface area contributed by atoms with Crippen LogP contribution in [0.25, 0.3) is 0 Å². The van der Waals surface area contributed by atoms with Gasteiger partial charge in [-0.25, -0.2) is 4.79 Å². The van der Waals surface area contributed by atoms with E-state index in [4.69, 9.17) is 4.74 Å². The lowest BCUT2D eigenvalue weighted by atomic mass is 9.75. The molecule has 6 heteroatoms. The average molecular weight is 270 g/mol. The van der Waals surface area contributed by atoms with E-state index in [1.165, 1.54) is 0 Å². The molecule has 1 aliphatic carbocycles. The van der Waals surface area contributed by atoms with Crippen LogP contribution in [0.1, 0.15) is 39.5 Å². The van der Waals surface area contributed by atoms with Crippen LogP contribution in [0, 0.1) is 5.41 Å². The van der Waals surface area contributed by atoms with Crippen LogP contribution in [0.3, 0.4) is 0 Å². The van der Waals surface area contributed by atoms with E-state index in [-0.39, 0.29) is 24.8 Å². The molecule has 2 unspecified atom stereocenters. The minimum atomic E-state index is -1.05. The molecule has 0 bridgehead atoms. The van der Waals surface area contributed by atoms with Gasteiger partial charge in [-0.05, 0) is 32.6 Å². The normalized spacial score (nSPS) is 32.4. The van der Waals surface area contributed by atoms with Crippen molar-refractivity contribution in [3.8, 4) is 0 Å². The fourth-order valence-electron chi connectivity index (χ4n) is 2.69. The van der Waals surface area contributed by atoms with Gasteiger partial charge in [0.15, 0.2) is 0 Å². The fraction of sp³-hybridized carbons (Fsp3) is 0.846. The SMILES string of the molecule is CCC1(NC(=O)NC2COCC2(C)C(=O)O)CCC1. The van der Waals surface area contributed by atoms with Crippen molar-refractivity contribution in [2.45, 2.75) is 51.1 Å². The zero-order chi connectivity index (χ0) is 14.1. The van der Waals surface area contributed by atoms with E-state index in [9.17, 15) is 14.7 Å². The van der Waals surface area contributed by atoms with Gasteiger partial charge in [-0.2, -0.15) is 0 Å². The molecular weight excluding hydrogens is 248 g/mol. The van der Waals surface area contributed by atoms with Crippen molar-refractivity contribution in [1.82, 2.24) is 10.6 Å². The first-order valence-electron chi connectivity index (χ1n) is 6.82. The number of hydrogen-bond donors (Lipinski definition) is 3. The fourth-order valence-corrected chi connectivity index (χ4v) is 2.69. The molecule has 108 valence electrons. The van der Waals surface area contributed by atoms with Crippen molar-refractivity contribution in [2.75, 3.05) is 13.2 Å². The summed E-state index contributed by atoms with van der Waals surface area (Å²) in [7, 11) is 0. The smallest absolute Gasteiger partial charge is 0.315 e. The van der Waals surface area contributed by atoms with Crippen LogP contribution in [0.2, 0.25) is 0 Å². The van der Waals surface area contributed by atoms with Crippen molar-refractivity contribution in [3.63, 3.8) is 0 Å². The van der Waals surface area contributed by atoms with Crippen molar-refractivity contribution >= 4 is 12.0 Å². The van der Waals surface area contributed by atoms with Crippen LogP contribution in [0.15, 0.2) is 0 Å². The van der Waals surface area contributed by atoms with E-state index in [0.29, 0.717) is 0 Å². The van der Waals surface area contributed by atoms with E-state index < -0.39 is 17.4 Å². The minimum absolute atomic E-state index is 0.0941. The van der Waals surface area contributed by atoms with E-state index in [0.717, 1.165) is 25.7 Å². The summed E-state index contributed by atoms with van der Waals surface area (Å²) in [5.41, 5.74) is -1.14. The highest BCUT2D eigenvalue weighted by molar-refractivity contribution is 5.79. The molecule has 2 rings (SSSR count). The van der Waals surface area contributed by atoms with Crippen LogP contribution >= 0.6 is 0 Å². The van der Waals surface area contributed by atoms with Crippen molar-refractivity contribution in [3.05, 3.63) is 0 Å². The number of rotatable bonds is 4. The molecule has 2 fully saturated rings. The molecule has 19 heavy (non-hydrogen) atoms. The van der Waals surface area contributed by atoms with Gasteiger partial charge in [-0.1, -0.05) is 6.92 Å². The number of ether oxygens (including phenoxy) is 1. The summed E-state index contributed by atoms with van der Waals surface area (Å²) in [5, 5.41) is 15.0. The van der Waals surface area contributed by atoms with Gasteiger partial charge >= 0.3 is 12.0 Å². The number of hydrogen-bond acceptors (Lipinski definition) is 3. The molecule has 0 radical (unpaired) electrons. The Morgan fingerprint density at radius 2 is 2.11 bits per heavy atom. The van der Waals surface area contributed by atoms with Gasteiger partial charge in [0.05, 0.1) is 19.3 Å². The first-order valence-corrected chi connectivity index (χ1v) is 6.82. The lowest BCUT2D eigenvalue weighted by Gasteiger charge is -2.42. The molecule has 1 aliphatic heterocycles. The van der Waals surface area contributed by atoms with E-state index in [2.05, 4.69) is 17.6 Å². The summed E-state index contributed by atoms with van der Waals surface area (Å²) in [6.45, 7) is 4.03. The second-order valence-corrected chi connectivity index (χ2v) is 5.88. The average Bonchev–Trinajstić information content (AvgIpc) is 2.67. The molecule has 2 amide bonds. The highest BCUT2D eigenvalue weighted by Crippen LogP contribution is 2.34. The predicted octanol–water partition coefficient (Wildman–Crippen LogP) is 1.11. The standard InChI is InChI=1S/C13H22N2O4/c1-3-13(5-4-6-13)15-11(18)14-9-7-19-8-12(9,2)10(16)17/h9H,3-8H2,1-2H3,(H,16,17)(H2,14,15,18). The maximum absolute atomic E-state index is 12.0. The molecule has 3 N–H and O–H groups in total. The molecular formula is C13H22N2O4. The number of carbonyl (C=O) groups is 2. The topological polar surface area (TPSA) is 87.7 Å². The largest absolute Gasteiger partial charge is 0.481 e.